The molecule has 35 heavy (non-hydrogen) atoms. The van der Waals surface area contributed by atoms with E-state index in [0.29, 0.717) is 29.8 Å². The third-order valence-electron chi connectivity index (χ3n) is 5.97. The van der Waals surface area contributed by atoms with Crippen LogP contribution >= 0.6 is 0 Å². The van der Waals surface area contributed by atoms with Crippen LogP contribution in [-0.2, 0) is 17.6 Å². The van der Waals surface area contributed by atoms with Gasteiger partial charge in [0.1, 0.15) is 17.3 Å². The van der Waals surface area contributed by atoms with E-state index in [1.807, 2.05) is 24.3 Å². The Hall–Kier alpha value is -4.64. The number of anilines is 1. The molecule has 0 saturated carbocycles. The average Bonchev–Trinajstić information content (AvgIpc) is 3.26. The van der Waals surface area contributed by atoms with Crippen molar-refractivity contribution in [2.75, 3.05) is 5.32 Å². The van der Waals surface area contributed by atoms with E-state index in [0.717, 1.165) is 23.3 Å². The molecule has 0 bridgehead atoms. The molecule has 1 aliphatic carbocycles. The zero-order valence-corrected chi connectivity index (χ0v) is 18.3. The molecule has 8 heteroatoms. The van der Waals surface area contributed by atoms with Crippen molar-refractivity contribution in [1.82, 2.24) is 9.78 Å². The topological polar surface area (TPSA) is 87.8 Å². The Balaban J connectivity index is 1.57. The van der Waals surface area contributed by atoms with E-state index in [2.05, 4.69) is 10.4 Å². The first-order chi connectivity index (χ1) is 17.0. The summed E-state index contributed by atoms with van der Waals surface area (Å²) < 4.78 is 28.3. The number of aromatic nitrogens is 2. The Morgan fingerprint density at radius 1 is 0.943 bits per heavy atom. The van der Waals surface area contributed by atoms with Gasteiger partial charge in [0.2, 0.25) is 11.7 Å². The van der Waals surface area contributed by atoms with Crippen molar-refractivity contribution in [1.29, 1.82) is 5.26 Å². The summed E-state index contributed by atoms with van der Waals surface area (Å²) >= 11 is 0. The van der Waals surface area contributed by atoms with E-state index in [-0.39, 0.29) is 11.4 Å². The third-order valence-corrected chi connectivity index (χ3v) is 5.97. The molecule has 4 aromatic rings. The Bertz CT molecular complexity index is 1490. The zero-order chi connectivity index (χ0) is 24.5. The van der Waals surface area contributed by atoms with Gasteiger partial charge in [-0.25, -0.2) is 13.5 Å². The van der Waals surface area contributed by atoms with Gasteiger partial charge in [-0.2, -0.15) is 10.4 Å². The van der Waals surface area contributed by atoms with Crippen LogP contribution in [-0.4, -0.2) is 21.5 Å². The van der Waals surface area contributed by atoms with Crippen LogP contribution in [0.3, 0.4) is 0 Å². The minimum Gasteiger partial charge on any atom is -0.325 e. The fourth-order valence-electron chi connectivity index (χ4n) is 4.28. The summed E-state index contributed by atoms with van der Waals surface area (Å²) in [5.41, 5.74) is 4.10. The van der Waals surface area contributed by atoms with E-state index >= 15 is 0 Å². The summed E-state index contributed by atoms with van der Waals surface area (Å²) in [5, 5.41) is 16.7. The maximum atomic E-state index is 13.6. The number of nitrogens with one attached hydrogen (secondary N) is 1. The molecule has 0 saturated heterocycles. The lowest BCUT2D eigenvalue weighted by atomic mass is 9.87. The zero-order valence-electron chi connectivity index (χ0n) is 18.3. The van der Waals surface area contributed by atoms with Gasteiger partial charge in [0.15, 0.2) is 5.92 Å². The number of ketones is 1. The number of halogens is 2. The summed E-state index contributed by atoms with van der Waals surface area (Å²) in [7, 11) is 0. The number of amides is 1. The van der Waals surface area contributed by atoms with Crippen molar-refractivity contribution in [3.05, 3.63) is 101 Å². The van der Waals surface area contributed by atoms with Crippen LogP contribution in [0.15, 0.2) is 72.8 Å². The van der Waals surface area contributed by atoms with Gasteiger partial charge in [-0.05, 0) is 66.9 Å². The Morgan fingerprint density at radius 2 is 1.60 bits per heavy atom. The monoisotopic (exact) mass is 468 g/mol. The predicted molar refractivity (Wildman–Crippen MR) is 125 cm³/mol. The molecule has 3 aromatic carbocycles. The van der Waals surface area contributed by atoms with E-state index in [4.69, 9.17) is 0 Å². The van der Waals surface area contributed by atoms with Crippen LogP contribution in [0.4, 0.5) is 14.5 Å². The van der Waals surface area contributed by atoms with E-state index in [9.17, 15) is 23.6 Å². The molecule has 0 spiro atoms. The third kappa shape index (κ3) is 4.08. The van der Waals surface area contributed by atoms with Gasteiger partial charge in [-0.1, -0.05) is 24.3 Å². The lowest BCUT2D eigenvalue weighted by Crippen LogP contribution is -2.29. The van der Waals surface area contributed by atoms with Crippen LogP contribution in [0.2, 0.25) is 0 Å². The van der Waals surface area contributed by atoms with Crippen molar-refractivity contribution in [2.45, 2.75) is 12.8 Å². The van der Waals surface area contributed by atoms with Crippen LogP contribution in [0.1, 0.15) is 21.6 Å². The van der Waals surface area contributed by atoms with Gasteiger partial charge in [-0.3, -0.25) is 9.59 Å². The van der Waals surface area contributed by atoms with Crippen LogP contribution in [0.5, 0.6) is 0 Å². The summed E-state index contributed by atoms with van der Waals surface area (Å²) in [6, 6.07) is 20.2. The molecule has 1 unspecified atom stereocenters. The predicted octanol–water partition coefficient (Wildman–Crippen LogP) is 4.88. The number of Topliss-reactive ketones (excluding diaryl/α,β-unsaturated/α-hetero) is 1. The number of carbonyl (C=O) groups excluding carboxylic acids is 2. The number of rotatable bonds is 5. The average molecular weight is 468 g/mol. The van der Waals surface area contributed by atoms with Gasteiger partial charge in [0.05, 0.1) is 17.5 Å². The first-order valence-electron chi connectivity index (χ1n) is 10.9. The second-order valence-electron chi connectivity index (χ2n) is 8.14. The molecule has 1 aliphatic rings. The largest absolute Gasteiger partial charge is 0.325 e. The van der Waals surface area contributed by atoms with Gasteiger partial charge in [0, 0.05) is 16.8 Å². The highest BCUT2D eigenvalue weighted by Gasteiger charge is 2.35. The van der Waals surface area contributed by atoms with E-state index < -0.39 is 29.2 Å². The maximum absolute atomic E-state index is 13.6. The standard InChI is InChI=1S/C27H18F2N4O2/c28-17-6-10-19(11-7-17)31-27(35)23(15-30)26(34)24-22-14-5-16-3-1-2-4-21(16)25(22)33(32-24)20-12-8-18(29)9-13-20/h1-4,6-13,23H,5,14H2,(H,31,35). The summed E-state index contributed by atoms with van der Waals surface area (Å²) in [6.07, 6.45) is 1.16. The number of benzene rings is 3. The number of carbonyl (C=O) groups is 2. The van der Waals surface area contributed by atoms with Gasteiger partial charge in [-0.15, -0.1) is 0 Å². The minimum atomic E-state index is -1.65. The van der Waals surface area contributed by atoms with Gasteiger partial charge in [0.25, 0.3) is 0 Å². The first kappa shape index (κ1) is 22.2. The summed E-state index contributed by atoms with van der Waals surface area (Å²) in [4.78, 5) is 26.3. The molecule has 1 heterocycles. The highest BCUT2D eigenvalue weighted by atomic mass is 19.1. The van der Waals surface area contributed by atoms with Crippen molar-refractivity contribution in [3.63, 3.8) is 0 Å². The van der Waals surface area contributed by atoms with Crippen LogP contribution in [0.25, 0.3) is 16.9 Å². The lowest BCUT2D eigenvalue weighted by molar-refractivity contribution is -0.117. The maximum Gasteiger partial charge on any atom is 0.249 e. The molecule has 0 fully saturated rings. The van der Waals surface area contributed by atoms with E-state index in [1.54, 1.807) is 22.9 Å². The molecule has 172 valence electrons. The highest BCUT2D eigenvalue weighted by Crippen LogP contribution is 2.37. The molecule has 1 aromatic heterocycles. The molecule has 0 radical (unpaired) electrons. The lowest BCUT2D eigenvalue weighted by Gasteiger charge is -2.18. The van der Waals surface area contributed by atoms with Crippen molar-refractivity contribution in [3.8, 4) is 23.0 Å². The second-order valence-corrected chi connectivity index (χ2v) is 8.14. The second kappa shape index (κ2) is 8.95. The van der Waals surface area contributed by atoms with Gasteiger partial charge >= 0.3 is 0 Å². The molecule has 0 aliphatic heterocycles. The number of nitrogens with zero attached hydrogens (tertiary/aromatic N) is 3. The highest BCUT2D eigenvalue weighted by molar-refractivity contribution is 6.15. The normalized spacial score (nSPS) is 12.7. The molecule has 6 nitrogen and oxygen atoms in total. The smallest absolute Gasteiger partial charge is 0.249 e. The Labute approximate surface area is 199 Å². The number of hydrogen-bond acceptors (Lipinski definition) is 4. The SMILES string of the molecule is N#CC(C(=O)Nc1ccc(F)cc1)C(=O)c1nn(-c2ccc(F)cc2)c2c1CCc1ccccc1-2. The Morgan fingerprint density at radius 3 is 2.29 bits per heavy atom. The fourth-order valence-corrected chi connectivity index (χ4v) is 4.28. The summed E-state index contributed by atoms with van der Waals surface area (Å²) in [5.74, 6) is -4.10. The molecular formula is C27H18F2N4O2. The minimum absolute atomic E-state index is 0.0274. The number of fused-ring (bicyclic) bond motifs is 3. The van der Waals surface area contributed by atoms with Crippen LogP contribution < -0.4 is 5.32 Å². The molecule has 1 atom stereocenters. The molecular weight excluding hydrogens is 450 g/mol. The quantitative estimate of drug-likeness (QED) is 0.334. The molecule has 1 N–H and O–H groups in total. The van der Waals surface area contributed by atoms with Crippen molar-refractivity contribution >= 4 is 17.4 Å². The number of nitriles is 1. The van der Waals surface area contributed by atoms with Crippen molar-refractivity contribution < 1.29 is 18.4 Å². The van der Waals surface area contributed by atoms with Crippen LogP contribution in [0, 0.1) is 28.9 Å². The Kier molecular flexibility index (Phi) is 5.67. The fraction of sp³-hybridized carbons (Fsp3) is 0.111. The first-order valence-corrected chi connectivity index (χ1v) is 10.9. The molecule has 5 rings (SSSR count). The van der Waals surface area contributed by atoms with Crippen molar-refractivity contribution in [2.24, 2.45) is 5.92 Å². The molecule has 1 amide bonds. The number of aryl methyl sites for hydroxylation is 1. The summed E-state index contributed by atoms with van der Waals surface area (Å²) in [6.45, 7) is 0. The van der Waals surface area contributed by atoms with E-state index in [1.165, 1.54) is 24.3 Å². The number of hydrogen-bond donors (Lipinski definition) is 1. The van der Waals surface area contributed by atoms with Gasteiger partial charge < -0.3 is 5.32 Å².